The van der Waals surface area contributed by atoms with E-state index in [-0.39, 0.29) is 18.4 Å². The highest BCUT2D eigenvalue weighted by Crippen LogP contribution is 2.12. The molecular formula is C6H13ClN4. The zero-order valence-corrected chi connectivity index (χ0v) is 7.43. The van der Waals surface area contributed by atoms with E-state index < -0.39 is 0 Å². The van der Waals surface area contributed by atoms with Gasteiger partial charge in [0.25, 0.3) is 0 Å². The minimum atomic E-state index is -0.0255. The Morgan fingerprint density at radius 2 is 2.18 bits per heavy atom. The molecule has 0 saturated carbocycles. The molecule has 4 nitrogen and oxygen atoms in total. The van der Waals surface area contributed by atoms with Crippen LogP contribution in [0.4, 0.5) is 0 Å². The quantitative estimate of drug-likeness (QED) is 0.703. The first-order chi connectivity index (χ1) is 4.72. The van der Waals surface area contributed by atoms with E-state index in [0.29, 0.717) is 5.92 Å². The number of halogens is 1. The fourth-order valence-electron chi connectivity index (χ4n) is 0.691. The highest BCUT2D eigenvalue weighted by atomic mass is 35.5. The number of rotatable bonds is 2. The molecule has 0 aromatic carbocycles. The number of nitrogens with one attached hydrogen (secondary N) is 1. The van der Waals surface area contributed by atoms with Crippen LogP contribution in [0.2, 0.25) is 0 Å². The van der Waals surface area contributed by atoms with Crippen LogP contribution in [0.15, 0.2) is 6.33 Å². The van der Waals surface area contributed by atoms with Gasteiger partial charge in [-0.3, -0.25) is 5.10 Å². The first-order valence-electron chi connectivity index (χ1n) is 3.32. The van der Waals surface area contributed by atoms with Gasteiger partial charge in [-0.2, -0.15) is 5.10 Å². The minimum absolute atomic E-state index is 0. The first-order valence-corrected chi connectivity index (χ1v) is 3.32. The number of nitrogens with zero attached hydrogens (tertiary/aromatic N) is 2. The predicted octanol–water partition coefficient (Wildman–Crippen LogP) is 0.882. The molecule has 0 aliphatic rings. The highest BCUT2D eigenvalue weighted by Gasteiger charge is 2.11. The lowest BCUT2D eigenvalue weighted by Crippen LogP contribution is -2.18. The van der Waals surface area contributed by atoms with E-state index in [0.717, 1.165) is 5.82 Å². The summed E-state index contributed by atoms with van der Waals surface area (Å²) in [6.07, 6.45) is 1.47. The summed E-state index contributed by atoms with van der Waals surface area (Å²) in [6.45, 7) is 4.10. The fraction of sp³-hybridized carbons (Fsp3) is 0.667. The van der Waals surface area contributed by atoms with E-state index in [4.69, 9.17) is 5.73 Å². The third-order valence-electron chi connectivity index (χ3n) is 1.47. The molecule has 0 aliphatic heterocycles. The maximum atomic E-state index is 5.75. The van der Waals surface area contributed by atoms with Gasteiger partial charge in [0.2, 0.25) is 0 Å². The van der Waals surface area contributed by atoms with Crippen molar-refractivity contribution in [1.29, 1.82) is 0 Å². The molecule has 1 aromatic heterocycles. The van der Waals surface area contributed by atoms with Crippen molar-refractivity contribution in [1.82, 2.24) is 15.2 Å². The predicted molar refractivity (Wildman–Crippen MR) is 45.4 cm³/mol. The largest absolute Gasteiger partial charge is 0.321 e. The van der Waals surface area contributed by atoms with Crippen molar-refractivity contribution in [2.45, 2.75) is 19.9 Å². The average molecular weight is 177 g/mol. The second-order valence-electron chi connectivity index (χ2n) is 2.64. The molecule has 1 heterocycles. The molecule has 3 N–H and O–H groups in total. The van der Waals surface area contributed by atoms with Gasteiger partial charge in [0.1, 0.15) is 12.2 Å². The fourth-order valence-corrected chi connectivity index (χ4v) is 0.691. The van der Waals surface area contributed by atoms with E-state index in [1.54, 1.807) is 0 Å². The van der Waals surface area contributed by atoms with Gasteiger partial charge in [-0.15, -0.1) is 12.4 Å². The summed E-state index contributed by atoms with van der Waals surface area (Å²) in [6, 6.07) is -0.0255. The van der Waals surface area contributed by atoms with E-state index in [9.17, 15) is 0 Å². The Hall–Kier alpha value is -0.610. The van der Waals surface area contributed by atoms with Crippen molar-refractivity contribution in [3.05, 3.63) is 12.2 Å². The topological polar surface area (TPSA) is 67.6 Å². The van der Waals surface area contributed by atoms with E-state index in [2.05, 4.69) is 15.2 Å². The molecule has 1 atom stereocenters. The average Bonchev–Trinajstić information content (AvgIpc) is 2.36. The van der Waals surface area contributed by atoms with Crippen molar-refractivity contribution in [2.24, 2.45) is 11.7 Å². The maximum absolute atomic E-state index is 5.75. The molecule has 0 amide bonds. The third-order valence-corrected chi connectivity index (χ3v) is 1.47. The molecule has 11 heavy (non-hydrogen) atoms. The zero-order valence-electron chi connectivity index (χ0n) is 6.61. The van der Waals surface area contributed by atoms with Crippen molar-refractivity contribution in [3.8, 4) is 0 Å². The minimum Gasteiger partial charge on any atom is -0.321 e. The van der Waals surface area contributed by atoms with Crippen molar-refractivity contribution in [3.63, 3.8) is 0 Å². The van der Waals surface area contributed by atoms with Gasteiger partial charge in [0, 0.05) is 0 Å². The van der Waals surface area contributed by atoms with Gasteiger partial charge in [-0.05, 0) is 5.92 Å². The van der Waals surface area contributed by atoms with Gasteiger partial charge in [-0.25, -0.2) is 4.98 Å². The van der Waals surface area contributed by atoms with Gasteiger partial charge in [-0.1, -0.05) is 13.8 Å². The second-order valence-corrected chi connectivity index (χ2v) is 2.64. The molecule has 5 heteroatoms. The van der Waals surface area contributed by atoms with Crippen LogP contribution >= 0.6 is 12.4 Å². The van der Waals surface area contributed by atoms with Gasteiger partial charge < -0.3 is 5.73 Å². The highest BCUT2D eigenvalue weighted by molar-refractivity contribution is 5.85. The summed E-state index contributed by atoms with van der Waals surface area (Å²) in [7, 11) is 0. The summed E-state index contributed by atoms with van der Waals surface area (Å²) >= 11 is 0. The smallest absolute Gasteiger partial charge is 0.141 e. The van der Waals surface area contributed by atoms with Gasteiger partial charge >= 0.3 is 0 Å². The van der Waals surface area contributed by atoms with Crippen LogP contribution in [-0.4, -0.2) is 15.2 Å². The Balaban J connectivity index is 0.000001000. The van der Waals surface area contributed by atoms with Crippen LogP contribution in [-0.2, 0) is 0 Å². The lowest BCUT2D eigenvalue weighted by molar-refractivity contribution is 0.492. The van der Waals surface area contributed by atoms with Crippen molar-refractivity contribution in [2.75, 3.05) is 0 Å². The summed E-state index contributed by atoms with van der Waals surface area (Å²) in [5, 5.41) is 6.44. The van der Waals surface area contributed by atoms with E-state index in [1.807, 2.05) is 13.8 Å². The Kier molecular flexibility index (Phi) is 4.07. The SMILES string of the molecule is CC(C)C(N)c1ncn[nH]1.Cl. The molecule has 0 saturated heterocycles. The van der Waals surface area contributed by atoms with Crippen molar-refractivity contribution < 1.29 is 0 Å². The third kappa shape index (κ3) is 2.48. The Morgan fingerprint density at radius 3 is 2.55 bits per heavy atom. The molecule has 1 rings (SSSR count). The lowest BCUT2D eigenvalue weighted by Gasteiger charge is -2.10. The number of hydrogen-bond donors (Lipinski definition) is 2. The summed E-state index contributed by atoms with van der Waals surface area (Å²) in [5.74, 6) is 1.16. The first kappa shape index (κ1) is 10.4. The van der Waals surface area contributed by atoms with Crippen LogP contribution in [0.3, 0.4) is 0 Å². The molecule has 1 unspecified atom stereocenters. The molecule has 0 spiro atoms. The van der Waals surface area contributed by atoms with Crippen LogP contribution in [0.25, 0.3) is 0 Å². The summed E-state index contributed by atoms with van der Waals surface area (Å²) in [5.41, 5.74) is 5.75. The zero-order chi connectivity index (χ0) is 7.56. The second kappa shape index (κ2) is 4.31. The van der Waals surface area contributed by atoms with Crippen LogP contribution < -0.4 is 5.73 Å². The number of aromatic amines is 1. The summed E-state index contributed by atoms with van der Waals surface area (Å²) in [4.78, 5) is 3.95. The normalized spacial score (nSPS) is 12.7. The van der Waals surface area contributed by atoms with Gasteiger partial charge in [0.05, 0.1) is 6.04 Å². The molecule has 64 valence electrons. The molecule has 0 radical (unpaired) electrons. The number of nitrogens with two attached hydrogens (primary N) is 1. The number of hydrogen-bond acceptors (Lipinski definition) is 3. The van der Waals surface area contributed by atoms with Crippen LogP contribution in [0, 0.1) is 5.92 Å². The monoisotopic (exact) mass is 176 g/mol. The molecule has 1 aromatic rings. The number of H-pyrrole nitrogens is 1. The standard InChI is InChI=1S/C6H12N4.ClH/c1-4(2)5(7)6-8-3-9-10-6;/h3-5H,7H2,1-2H3,(H,8,9,10);1H. The van der Waals surface area contributed by atoms with Crippen LogP contribution in [0.5, 0.6) is 0 Å². The summed E-state index contributed by atoms with van der Waals surface area (Å²) < 4.78 is 0. The molecular weight excluding hydrogens is 164 g/mol. The van der Waals surface area contributed by atoms with Crippen LogP contribution in [0.1, 0.15) is 25.7 Å². The van der Waals surface area contributed by atoms with Gasteiger partial charge in [0.15, 0.2) is 0 Å². The Bertz CT molecular complexity index is 184. The maximum Gasteiger partial charge on any atom is 0.141 e. The van der Waals surface area contributed by atoms with E-state index in [1.165, 1.54) is 6.33 Å². The molecule has 0 fully saturated rings. The molecule has 0 aliphatic carbocycles. The Morgan fingerprint density at radius 1 is 1.55 bits per heavy atom. The lowest BCUT2D eigenvalue weighted by atomic mass is 10.1. The number of aromatic nitrogens is 3. The van der Waals surface area contributed by atoms with E-state index >= 15 is 0 Å². The molecule has 0 bridgehead atoms. The Labute approximate surface area is 72.0 Å². The van der Waals surface area contributed by atoms with Crippen molar-refractivity contribution >= 4 is 12.4 Å².